The van der Waals surface area contributed by atoms with Crippen molar-refractivity contribution in [3.05, 3.63) is 58.7 Å². The van der Waals surface area contributed by atoms with E-state index in [1.54, 1.807) is 0 Å². The third-order valence-electron chi connectivity index (χ3n) is 4.50. The van der Waals surface area contributed by atoms with Crippen LogP contribution in [0.3, 0.4) is 0 Å². The zero-order chi connectivity index (χ0) is 17.8. The first kappa shape index (κ1) is 16.3. The van der Waals surface area contributed by atoms with Gasteiger partial charge >= 0.3 is 0 Å². The Morgan fingerprint density at radius 1 is 1.04 bits per heavy atom. The Bertz CT molecular complexity index is 1060. The Hall–Kier alpha value is -2.13. The van der Waals surface area contributed by atoms with E-state index < -0.39 is 0 Å². The van der Waals surface area contributed by atoms with Gasteiger partial charge in [-0.3, -0.25) is 4.40 Å². The molecule has 3 aromatic heterocycles. The van der Waals surface area contributed by atoms with Gasteiger partial charge in [0.05, 0.1) is 11.7 Å². The van der Waals surface area contributed by atoms with Crippen molar-refractivity contribution in [2.75, 3.05) is 0 Å². The highest BCUT2D eigenvalue weighted by molar-refractivity contribution is 7.17. The zero-order valence-electron chi connectivity index (χ0n) is 15.6. The van der Waals surface area contributed by atoms with Crippen LogP contribution in [0.5, 0.6) is 0 Å². The minimum Gasteiger partial charge on any atom is -0.299 e. The molecule has 0 aliphatic heterocycles. The molecule has 4 aromatic rings. The van der Waals surface area contributed by atoms with E-state index in [2.05, 4.69) is 74.9 Å². The fourth-order valence-corrected chi connectivity index (χ4v) is 4.56. The van der Waals surface area contributed by atoms with Crippen LogP contribution in [0.25, 0.3) is 27.0 Å². The molecule has 4 rings (SSSR count). The van der Waals surface area contributed by atoms with Crippen LogP contribution < -0.4 is 0 Å². The average Bonchev–Trinajstić information content (AvgIpc) is 3.07. The molecular weight excluding hydrogens is 324 g/mol. The summed E-state index contributed by atoms with van der Waals surface area (Å²) in [4.78, 5) is 4.72. The molecule has 0 radical (unpaired) electrons. The van der Waals surface area contributed by atoms with E-state index in [4.69, 9.17) is 4.98 Å². The highest BCUT2D eigenvalue weighted by Crippen LogP contribution is 2.33. The zero-order valence-corrected chi connectivity index (χ0v) is 16.4. The fraction of sp³-hybridized carbons (Fsp3) is 0.318. The van der Waals surface area contributed by atoms with Gasteiger partial charge in [-0.15, -0.1) is 11.3 Å². The van der Waals surface area contributed by atoms with Crippen LogP contribution in [0.15, 0.2) is 42.0 Å². The van der Waals surface area contributed by atoms with E-state index in [0.717, 1.165) is 17.8 Å². The maximum atomic E-state index is 4.72. The second-order valence-corrected chi connectivity index (χ2v) is 9.21. The molecular formula is C22H24N2S. The first-order valence-electron chi connectivity index (χ1n) is 8.76. The van der Waals surface area contributed by atoms with Crippen molar-refractivity contribution in [1.29, 1.82) is 0 Å². The Morgan fingerprint density at radius 2 is 1.76 bits per heavy atom. The summed E-state index contributed by atoms with van der Waals surface area (Å²) < 4.78 is 3.59. The summed E-state index contributed by atoms with van der Waals surface area (Å²) in [6, 6.07) is 8.91. The average molecular weight is 349 g/mol. The minimum absolute atomic E-state index is 0.286. The van der Waals surface area contributed by atoms with Crippen LogP contribution in [0.2, 0.25) is 0 Å². The third kappa shape index (κ3) is 3.09. The second-order valence-electron chi connectivity index (χ2n) is 8.30. The van der Waals surface area contributed by atoms with Gasteiger partial charge < -0.3 is 0 Å². The first-order valence-corrected chi connectivity index (χ1v) is 9.64. The predicted molar refractivity (Wildman–Crippen MR) is 109 cm³/mol. The van der Waals surface area contributed by atoms with Gasteiger partial charge in [0.15, 0.2) is 0 Å². The van der Waals surface area contributed by atoms with Crippen molar-refractivity contribution in [3.63, 3.8) is 0 Å². The molecule has 0 amide bonds. The maximum absolute atomic E-state index is 4.72. The summed E-state index contributed by atoms with van der Waals surface area (Å²) in [7, 11) is 0. The lowest BCUT2D eigenvalue weighted by Crippen LogP contribution is -2.08. The minimum atomic E-state index is 0.286. The normalized spacial score (nSPS) is 12.4. The fourth-order valence-electron chi connectivity index (χ4n) is 3.58. The van der Waals surface area contributed by atoms with Gasteiger partial charge in [0.25, 0.3) is 0 Å². The van der Waals surface area contributed by atoms with Crippen molar-refractivity contribution in [2.45, 2.75) is 41.0 Å². The molecule has 3 heteroatoms. The molecule has 1 aromatic carbocycles. The lowest BCUT2D eigenvalue weighted by atomic mass is 9.88. The summed E-state index contributed by atoms with van der Waals surface area (Å²) in [5.74, 6) is 1.02. The number of benzene rings is 1. The summed E-state index contributed by atoms with van der Waals surface area (Å²) in [5, 5.41) is 3.68. The van der Waals surface area contributed by atoms with E-state index in [0.29, 0.717) is 0 Å². The van der Waals surface area contributed by atoms with Gasteiger partial charge in [-0.1, -0.05) is 38.0 Å². The van der Waals surface area contributed by atoms with Crippen LogP contribution in [-0.4, -0.2) is 9.38 Å². The quantitative estimate of drug-likeness (QED) is 0.408. The Labute approximate surface area is 153 Å². The van der Waals surface area contributed by atoms with E-state index in [1.165, 1.54) is 32.3 Å². The Kier molecular flexibility index (Phi) is 3.73. The van der Waals surface area contributed by atoms with Crippen molar-refractivity contribution in [3.8, 4) is 11.4 Å². The van der Waals surface area contributed by atoms with E-state index in [-0.39, 0.29) is 5.41 Å². The lowest BCUT2D eigenvalue weighted by molar-refractivity contribution is 0.413. The first-order chi connectivity index (χ1) is 11.8. The van der Waals surface area contributed by atoms with Crippen molar-refractivity contribution in [1.82, 2.24) is 9.38 Å². The van der Waals surface area contributed by atoms with Gasteiger partial charge in [0.1, 0.15) is 5.82 Å². The molecule has 0 saturated carbocycles. The summed E-state index contributed by atoms with van der Waals surface area (Å²) in [5.41, 5.74) is 6.62. The number of aryl methyl sites for hydroxylation is 2. The molecule has 3 heterocycles. The molecule has 0 aliphatic carbocycles. The molecule has 0 fully saturated rings. The molecule has 0 atom stereocenters. The molecule has 0 bridgehead atoms. The largest absolute Gasteiger partial charge is 0.299 e. The number of rotatable bonds is 2. The number of nitrogens with zero attached hydrogens (tertiary/aromatic N) is 2. The molecule has 25 heavy (non-hydrogen) atoms. The number of pyridine rings is 1. The van der Waals surface area contributed by atoms with Crippen LogP contribution >= 0.6 is 11.3 Å². The number of fused-ring (bicyclic) bond motifs is 2. The molecule has 0 N–H and O–H groups in total. The topological polar surface area (TPSA) is 17.3 Å². The van der Waals surface area contributed by atoms with Crippen LogP contribution in [0, 0.1) is 19.3 Å². The molecule has 0 saturated heterocycles. The predicted octanol–water partition coefficient (Wildman–Crippen LogP) is 6.42. The van der Waals surface area contributed by atoms with Crippen LogP contribution in [0.4, 0.5) is 0 Å². The van der Waals surface area contributed by atoms with Gasteiger partial charge in [-0.05, 0) is 54.8 Å². The highest BCUT2D eigenvalue weighted by atomic mass is 32.1. The van der Waals surface area contributed by atoms with E-state index in [1.807, 2.05) is 17.5 Å². The number of aromatic nitrogens is 2. The van der Waals surface area contributed by atoms with Crippen molar-refractivity contribution in [2.24, 2.45) is 5.41 Å². The van der Waals surface area contributed by atoms with Gasteiger partial charge in [0.2, 0.25) is 0 Å². The van der Waals surface area contributed by atoms with E-state index in [9.17, 15) is 0 Å². The standard InChI is InChI=1S/C22H24N2S/c1-14-6-15(2)8-16(7-14)21-23-11-18-9-20-19(12-24(18)21)17(13-25-20)10-22(3,4)5/h6-9,11-13H,10H2,1-5H3. The van der Waals surface area contributed by atoms with Crippen LogP contribution in [0.1, 0.15) is 37.5 Å². The Morgan fingerprint density at radius 3 is 2.44 bits per heavy atom. The van der Waals surface area contributed by atoms with Gasteiger partial charge in [0, 0.05) is 21.8 Å². The molecule has 0 unspecified atom stereocenters. The van der Waals surface area contributed by atoms with Crippen molar-refractivity contribution < 1.29 is 0 Å². The maximum Gasteiger partial charge on any atom is 0.144 e. The number of hydrogen-bond donors (Lipinski definition) is 0. The summed E-state index contributed by atoms with van der Waals surface area (Å²) >= 11 is 1.84. The molecule has 128 valence electrons. The van der Waals surface area contributed by atoms with Gasteiger partial charge in [-0.2, -0.15) is 0 Å². The van der Waals surface area contributed by atoms with Crippen LogP contribution in [-0.2, 0) is 6.42 Å². The summed E-state index contributed by atoms with van der Waals surface area (Å²) in [6.07, 6.45) is 5.35. The monoisotopic (exact) mass is 348 g/mol. The second kappa shape index (κ2) is 5.70. The van der Waals surface area contributed by atoms with E-state index >= 15 is 0 Å². The van der Waals surface area contributed by atoms with Crippen molar-refractivity contribution >= 4 is 26.9 Å². The molecule has 0 aliphatic rings. The highest BCUT2D eigenvalue weighted by Gasteiger charge is 2.16. The Balaban J connectivity index is 1.92. The molecule has 2 nitrogen and oxygen atoms in total. The van der Waals surface area contributed by atoms with Gasteiger partial charge in [-0.25, -0.2) is 4.98 Å². The lowest BCUT2D eigenvalue weighted by Gasteiger charge is -2.17. The smallest absolute Gasteiger partial charge is 0.144 e. The molecule has 0 spiro atoms. The number of hydrogen-bond acceptors (Lipinski definition) is 2. The SMILES string of the molecule is Cc1cc(C)cc(-c2ncc3cc4scc(CC(C)(C)C)c4cn23)c1. The third-order valence-corrected chi connectivity index (χ3v) is 5.50. The number of imidazole rings is 1. The number of thiophene rings is 1. The summed E-state index contributed by atoms with van der Waals surface area (Å²) in [6.45, 7) is 11.2.